The maximum atomic E-state index is 14.1. The number of nitrogens with zero attached hydrogens (tertiary/aromatic N) is 1. The van der Waals surface area contributed by atoms with Gasteiger partial charge in [-0.2, -0.15) is 0 Å². The fourth-order valence-corrected chi connectivity index (χ4v) is 5.97. The number of hydrogen-bond donors (Lipinski definition) is 2. The van der Waals surface area contributed by atoms with Crippen LogP contribution in [0.15, 0.2) is 65.1 Å². The van der Waals surface area contributed by atoms with Crippen molar-refractivity contribution in [2.24, 2.45) is 0 Å². The predicted octanol–water partition coefficient (Wildman–Crippen LogP) is 4.74. The minimum Gasteiger partial charge on any atom is -0.493 e. The first-order chi connectivity index (χ1) is 17.3. The van der Waals surface area contributed by atoms with Crippen LogP contribution in [0.25, 0.3) is 0 Å². The Kier molecular flexibility index (Phi) is 6.17. The Morgan fingerprint density at radius 3 is 2.61 bits per heavy atom. The smallest absolute Gasteiger partial charge is 0.256 e. The molecule has 1 saturated heterocycles. The highest BCUT2D eigenvalue weighted by Gasteiger charge is 2.67. The van der Waals surface area contributed by atoms with Gasteiger partial charge in [0, 0.05) is 27.8 Å². The molecule has 0 saturated carbocycles. The maximum Gasteiger partial charge on any atom is 0.256 e. The molecule has 1 amide bonds. The number of para-hydroxylation sites is 1. The van der Waals surface area contributed by atoms with E-state index in [0.29, 0.717) is 38.3 Å². The van der Waals surface area contributed by atoms with Gasteiger partial charge in [-0.1, -0.05) is 36.4 Å². The second-order valence-corrected chi connectivity index (χ2v) is 9.77. The van der Waals surface area contributed by atoms with Gasteiger partial charge in [0.2, 0.25) is 0 Å². The molecule has 4 atom stereocenters. The Morgan fingerprint density at radius 2 is 1.89 bits per heavy atom. The molecule has 10 heteroatoms. The summed E-state index contributed by atoms with van der Waals surface area (Å²) in [6.45, 7) is 1.80. The maximum absolute atomic E-state index is 14.1. The molecule has 0 radical (unpaired) electrons. The Hall–Kier alpha value is -3.50. The van der Waals surface area contributed by atoms with Crippen LogP contribution in [-0.2, 0) is 16.9 Å². The fraction of sp³-hybridized carbons (Fsp3) is 0.269. The lowest BCUT2D eigenvalue weighted by Crippen LogP contribution is -2.54. The van der Waals surface area contributed by atoms with E-state index in [-0.39, 0.29) is 17.3 Å². The van der Waals surface area contributed by atoms with E-state index in [1.54, 1.807) is 54.6 Å². The summed E-state index contributed by atoms with van der Waals surface area (Å²) in [4.78, 5) is 25.4. The summed E-state index contributed by atoms with van der Waals surface area (Å²) in [6.07, 6.45) is 0. The van der Waals surface area contributed by atoms with Crippen molar-refractivity contribution >= 4 is 27.5 Å². The molecule has 5 rings (SSSR count). The number of carbonyl (C=O) groups is 1. The standard InChI is InChI=1S/C26H23BrFN3O5/c1-14-22(24(31(33)34)26(30-14)17-8-4-6-10-20(17)29-25(26)32)16-11-18(27)23(21(12-16)35-2)36-13-15-7-3-5-9-19(15)28/h3-12,14,22,24,30H,13H2,1-2H3,(H,29,32)/t14-,22-,24-,26+/m0/s1. The average Bonchev–Trinajstić information content (AvgIpc) is 3.32. The highest BCUT2D eigenvalue weighted by Crippen LogP contribution is 2.51. The third-order valence-electron chi connectivity index (χ3n) is 6.93. The van der Waals surface area contributed by atoms with Gasteiger partial charge in [-0.3, -0.25) is 20.2 Å². The van der Waals surface area contributed by atoms with E-state index in [4.69, 9.17) is 9.47 Å². The Balaban J connectivity index is 1.54. The Bertz CT molecular complexity index is 1370. The second-order valence-electron chi connectivity index (χ2n) is 8.91. The van der Waals surface area contributed by atoms with E-state index < -0.39 is 29.4 Å². The average molecular weight is 556 g/mol. The molecule has 36 heavy (non-hydrogen) atoms. The molecule has 1 spiro atoms. The molecule has 3 aromatic carbocycles. The van der Waals surface area contributed by atoms with E-state index in [9.17, 15) is 19.3 Å². The lowest BCUT2D eigenvalue weighted by Gasteiger charge is -2.25. The Morgan fingerprint density at radius 1 is 1.17 bits per heavy atom. The Labute approximate surface area is 215 Å². The number of nitro groups is 1. The van der Waals surface area contributed by atoms with Crippen molar-refractivity contribution in [3.05, 3.63) is 97.8 Å². The summed E-state index contributed by atoms with van der Waals surface area (Å²) in [5.41, 5.74) is 0.592. The van der Waals surface area contributed by atoms with Crippen LogP contribution in [-0.4, -0.2) is 30.0 Å². The van der Waals surface area contributed by atoms with Crippen LogP contribution < -0.4 is 20.1 Å². The van der Waals surface area contributed by atoms with Crippen LogP contribution in [0, 0.1) is 15.9 Å². The van der Waals surface area contributed by atoms with Gasteiger partial charge >= 0.3 is 0 Å². The quantitative estimate of drug-likeness (QED) is 0.336. The third kappa shape index (κ3) is 3.72. The van der Waals surface area contributed by atoms with E-state index in [1.807, 2.05) is 6.92 Å². The summed E-state index contributed by atoms with van der Waals surface area (Å²) in [6, 6.07) is 15.0. The first kappa shape index (κ1) is 24.2. The second kappa shape index (κ2) is 9.18. The summed E-state index contributed by atoms with van der Waals surface area (Å²) in [7, 11) is 1.46. The number of carbonyl (C=O) groups excluding carboxylic acids is 1. The monoisotopic (exact) mass is 555 g/mol. The van der Waals surface area contributed by atoms with Gasteiger partial charge in [-0.25, -0.2) is 4.39 Å². The number of rotatable bonds is 6. The zero-order valence-corrected chi connectivity index (χ0v) is 21.0. The molecule has 1 fully saturated rings. The summed E-state index contributed by atoms with van der Waals surface area (Å²) < 4.78 is 26.0. The summed E-state index contributed by atoms with van der Waals surface area (Å²) >= 11 is 3.50. The molecule has 0 unspecified atom stereocenters. The fourth-order valence-electron chi connectivity index (χ4n) is 5.39. The van der Waals surface area contributed by atoms with E-state index in [0.717, 1.165) is 0 Å². The number of methoxy groups -OCH3 is 1. The van der Waals surface area contributed by atoms with Crippen molar-refractivity contribution in [1.82, 2.24) is 5.32 Å². The third-order valence-corrected chi connectivity index (χ3v) is 7.52. The van der Waals surface area contributed by atoms with Gasteiger partial charge in [-0.15, -0.1) is 0 Å². The largest absolute Gasteiger partial charge is 0.493 e. The molecule has 2 aliphatic heterocycles. The first-order valence-corrected chi connectivity index (χ1v) is 12.1. The van der Waals surface area contributed by atoms with Crippen molar-refractivity contribution in [2.75, 3.05) is 12.4 Å². The van der Waals surface area contributed by atoms with Crippen molar-refractivity contribution in [2.45, 2.75) is 37.1 Å². The highest BCUT2D eigenvalue weighted by atomic mass is 79.9. The number of ether oxygens (including phenoxy) is 2. The van der Waals surface area contributed by atoms with Crippen molar-refractivity contribution in [3.8, 4) is 11.5 Å². The van der Waals surface area contributed by atoms with Crippen LogP contribution in [0.3, 0.4) is 0 Å². The van der Waals surface area contributed by atoms with E-state index >= 15 is 0 Å². The molecule has 2 aliphatic rings. The summed E-state index contributed by atoms with van der Waals surface area (Å²) in [5.74, 6) is -0.815. The first-order valence-electron chi connectivity index (χ1n) is 11.3. The van der Waals surface area contributed by atoms with Crippen molar-refractivity contribution in [3.63, 3.8) is 0 Å². The highest BCUT2D eigenvalue weighted by molar-refractivity contribution is 9.10. The van der Waals surface area contributed by atoms with Gasteiger partial charge < -0.3 is 14.8 Å². The number of benzene rings is 3. The number of halogens is 2. The molecule has 0 aromatic heterocycles. The van der Waals surface area contributed by atoms with Crippen LogP contribution in [0.5, 0.6) is 11.5 Å². The van der Waals surface area contributed by atoms with E-state index in [1.165, 1.54) is 13.2 Å². The number of nitrogens with one attached hydrogen (secondary N) is 2. The normalized spacial score (nSPS) is 24.4. The van der Waals surface area contributed by atoms with Gasteiger partial charge in [0.1, 0.15) is 12.4 Å². The minimum atomic E-state index is -1.51. The molecule has 3 aromatic rings. The molecule has 2 heterocycles. The van der Waals surface area contributed by atoms with Crippen molar-refractivity contribution < 1.29 is 23.6 Å². The van der Waals surface area contributed by atoms with Crippen molar-refractivity contribution in [1.29, 1.82) is 0 Å². The number of amides is 1. The predicted molar refractivity (Wildman–Crippen MR) is 134 cm³/mol. The van der Waals surface area contributed by atoms with Gasteiger partial charge in [0.25, 0.3) is 11.9 Å². The molecular formula is C26H23BrFN3O5. The lowest BCUT2D eigenvalue weighted by atomic mass is 9.78. The summed E-state index contributed by atoms with van der Waals surface area (Å²) in [5, 5.41) is 18.6. The van der Waals surface area contributed by atoms with Gasteiger partial charge in [-0.05, 0) is 52.7 Å². The van der Waals surface area contributed by atoms with Gasteiger partial charge in [0.15, 0.2) is 17.0 Å². The lowest BCUT2D eigenvalue weighted by molar-refractivity contribution is -0.532. The SMILES string of the molecule is COc1cc([C@@H]2[C@H](C)N[C@@]3(C(=O)Nc4ccccc43)[C@H]2[N+](=O)[O-])cc(Br)c1OCc1ccccc1F. The number of fused-ring (bicyclic) bond motifs is 2. The van der Waals surface area contributed by atoms with Gasteiger partial charge in [0.05, 0.1) is 17.5 Å². The topological polar surface area (TPSA) is 103 Å². The number of anilines is 1. The molecule has 8 nitrogen and oxygen atoms in total. The zero-order chi connectivity index (χ0) is 25.6. The van der Waals surface area contributed by atoms with Crippen LogP contribution in [0.1, 0.15) is 29.5 Å². The number of hydrogen-bond acceptors (Lipinski definition) is 6. The molecule has 0 aliphatic carbocycles. The van der Waals surface area contributed by atoms with Crippen LogP contribution in [0.4, 0.5) is 10.1 Å². The van der Waals surface area contributed by atoms with E-state index in [2.05, 4.69) is 26.6 Å². The zero-order valence-electron chi connectivity index (χ0n) is 19.5. The minimum absolute atomic E-state index is 0.0278. The van der Waals surface area contributed by atoms with Crippen LogP contribution >= 0.6 is 15.9 Å². The molecular weight excluding hydrogens is 533 g/mol. The van der Waals surface area contributed by atoms with Crippen LogP contribution in [0.2, 0.25) is 0 Å². The molecule has 2 N–H and O–H groups in total. The molecule has 0 bridgehead atoms. The molecule has 186 valence electrons.